The van der Waals surface area contributed by atoms with Gasteiger partial charge in [-0.05, 0) is 24.6 Å². The Morgan fingerprint density at radius 2 is 2.12 bits per heavy atom. The van der Waals surface area contributed by atoms with E-state index in [1.807, 2.05) is 17.6 Å². The van der Waals surface area contributed by atoms with E-state index in [0.717, 1.165) is 23.7 Å². The fraction of sp³-hybridized carbons (Fsp3) is 0.308. The summed E-state index contributed by atoms with van der Waals surface area (Å²) in [5, 5.41) is 6.35. The maximum absolute atomic E-state index is 5.86. The van der Waals surface area contributed by atoms with Crippen molar-refractivity contribution < 1.29 is 0 Å². The van der Waals surface area contributed by atoms with Crippen LogP contribution in [0.1, 0.15) is 24.2 Å². The summed E-state index contributed by atoms with van der Waals surface area (Å²) in [4.78, 5) is 4.26. The molecule has 90 valence electrons. The Morgan fingerprint density at radius 1 is 1.35 bits per heavy atom. The molecule has 2 rings (SSSR count). The summed E-state index contributed by atoms with van der Waals surface area (Å²) in [6.45, 7) is 3.10. The highest BCUT2D eigenvalue weighted by atomic mass is 35.5. The summed E-state index contributed by atoms with van der Waals surface area (Å²) in [6.07, 6.45) is 0.974. The third kappa shape index (κ3) is 3.80. The Morgan fingerprint density at radius 3 is 2.76 bits per heavy atom. The van der Waals surface area contributed by atoms with Crippen LogP contribution in [-0.2, 0) is 6.42 Å². The van der Waals surface area contributed by atoms with Gasteiger partial charge in [-0.3, -0.25) is 0 Å². The first kappa shape index (κ1) is 12.6. The predicted molar refractivity (Wildman–Crippen MR) is 73.7 cm³/mol. The van der Waals surface area contributed by atoms with E-state index in [4.69, 9.17) is 11.6 Å². The van der Waals surface area contributed by atoms with Crippen LogP contribution in [0.2, 0.25) is 5.02 Å². The third-order valence-corrected chi connectivity index (χ3v) is 3.57. The molecular weight excluding hydrogens is 252 g/mol. The molecule has 0 aliphatic heterocycles. The fourth-order valence-corrected chi connectivity index (χ4v) is 2.37. The Kier molecular flexibility index (Phi) is 4.54. The monoisotopic (exact) mass is 266 g/mol. The van der Waals surface area contributed by atoms with Crippen molar-refractivity contribution in [3.8, 4) is 0 Å². The summed E-state index contributed by atoms with van der Waals surface area (Å²) in [5.74, 6) is 0. The minimum Gasteiger partial charge on any atom is -0.310 e. The Bertz CT molecular complexity index is 439. The zero-order valence-electron chi connectivity index (χ0n) is 9.69. The van der Waals surface area contributed by atoms with Crippen LogP contribution in [0.5, 0.6) is 0 Å². The second-order valence-electron chi connectivity index (χ2n) is 3.96. The van der Waals surface area contributed by atoms with Crippen molar-refractivity contribution in [1.82, 2.24) is 10.3 Å². The standard InChI is InChI=1S/C13H15ClN2S/c1-10(11-2-4-12(14)5-3-11)15-7-6-13-8-17-9-16-13/h2-5,8-10,15H,6-7H2,1H3. The van der Waals surface area contributed by atoms with E-state index < -0.39 is 0 Å². The molecule has 0 saturated heterocycles. The molecule has 0 fully saturated rings. The molecule has 1 N–H and O–H groups in total. The van der Waals surface area contributed by atoms with Crippen molar-refractivity contribution in [2.45, 2.75) is 19.4 Å². The number of hydrogen-bond donors (Lipinski definition) is 1. The van der Waals surface area contributed by atoms with Crippen molar-refractivity contribution in [3.05, 3.63) is 51.4 Å². The topological polar surface area (TPSA) is 24.9 Å². The second-order valence-corrected chi connectivity index (χ2v) is 5.11. The van der Waals surface area contributed by atoms with Gasteiger partial charge >= 0.3 is 0 Å². The van der Waals surface area contributed by atoms with Gasteiger partial charge in [0.05, 0.1) is 11.2 Å². The van der Waals surface area contributed by atoms with E-state index in [9.17, 15) is 0 Å². The van der Waals surface area contributed by atoms with Crippen molar-refractivity contribution in [2.24, 2.45) is 0 Å². The lowest BCUT2D eigenvalue weighted by Gasteiger charge is -2.13. The van der Waals surface area contributed by atoms with Crippen LogP contribution >= 0.6 is 22.9 Å². The Hall–Kier alpha value is -0.900. The van der Waals surface area contributed by atoms with E-state index in [-0.39, 0.29) is 0 Å². The smallest absolute Gasteiger partial charge is 0.0794 e. The van der Waals surface area contributed by atoms with Crippen molar-refractivity contribution in [1.29, 1.82) is 0 Å². The summed E-state index contributed by atoms with van der Waals surface area (Å²) in [7, 11) is 0. The van der Waals surface area contributed by atoms with Crippen LogP contribution in [0.25, 0.3) is 0 Å². The molecule has 0 saturated carbocycles. The van der Waals surface area contributed by atoms with Crippen LogP contribution in [0.3, 0.4) is 0 Å². The molecule has 0 aliphatic rings. The molecule has 1 heterocycles. The molecule has 0 aliphatic carbocycles. The van der Waals surface area contributed by atoms with E-state index in [0.29, 0.717) is 6.04 Å². The van der Waals surface area contributed by atoms with E-state index >= 15 is 0 Å². The number of halogens is 1. The highest BCUT2D eigenvalue weighted by molar-refractivity contribution is 7.07. The molecule has 0 radical (unpaired) electrons. The molecule has 0 amide bonds. The zero-order chi connectivity index (χ0) is 12.1. The number of benzene rings is 1. The molecule has 1 unspecified atom stereocenters. The normalized spacial score (nSPS) is 12.6. The molecule has 2 nitrogen and oxygen atoms in total. The summed E-state index contributed by atoms with van der Waals surface area (Å²) < 4.78 is 0. The number of thiazole rings is 1. The average Bonchev–Trinajstić information content (AvgIpc) is 2.83. The predicted octanol–water partition coefficient (Wildman–Crippen LogP) is 3.69. The molecule has 1 atom stereocenters. The minimum absolute atomic E-state index is 0.339. The van der Waals surface area contributed by atoms with Gasteiger partial charge in [-0.15, -0.1) is 11.3 Å². The number of aromatic nitrogens is 1. The lowest BCUT2D eigenvalue weighted by Crippen LogP contribution is -2.21. The first-order valence-corrected chi connectivity index (χ1v) is 6.93. The first-order valence-electron chi connectivity index (χ1n) is 5.61. The van der Waals surface area contributed by atoms with E-state index in [1.54, 1.807) is 11.3 Å². The van der Waals surface area contributed by atoms with Gasteiger partial charge in [0.15, 0.2) is 0 Å². The van der Waals surface area contributed by atoms with Gasteiger partial charge in [0.1, 0.15) is 0 Å². The number of nitrogens with one attached hydrogen (secondary N) is 1. The number of hydrogen-bond acceptors (Lipinski definition) is 3. The van der Waals surface area contributed by atoms with Gasteiger partial charge < -0.3 is 5.32 Å². The molecular formula is C13H15ClN2S. The Balaban J connectivity index is 1.81. The fourth-order valence-electron chi connectivity index (χ4n) is 1.65. The highest BCUT2D eigenvalue weighted by Gasteiger charge is 2.04. The van der Waals surface area contributed by atoms with E-state index in [2.05, 4.69) is 34.7 Å². The van der Waals surface area contributed by atoms with Gasteiger partial charge in [-0.25, -0.2) is 4.98 Å². The van der Waals surface area contributed by atoms with Crippen molar-refractivity contribution in [3.63, 3.8) is 0 Å². The first-order chi connectivity index (χ1) is 8.25. The van der Waals surface area contributed by atoms with Crippen molar-refractivity contribution in [2.75, 3.05) is 6.54 Å². The van der Waals surface area contributed by atoms with E-state index in [1.165, 1.54) is 5.56 Å². The largest absolute Gasteiger partial charge is 0.310 e. The zero-order valence-corrected chi connectivity index (χ0v) is 11.3. The summed E-state index contributed by atoms with van der Waals surface area (Å²) in [5.41, 5.74) is 4.29. The van der Waals surface area contributed by atoms with Crippen LogP contribution in [0.15, 0.2) is 35.2 Å². The SMILES string of the molecule is CC(NCCc1cscn1)c1ccc(Cl)cc1. The third-order valence-electron chi connectivity index (χ3n) is 2.69. The maximum atomic E-state index is 5.86. The summed E-state index contributed by atoms with van der Waals surface area (Å²) >= 11 is 7.50. The molecule has 0 bridgehead atoms. The number of rotatable bonds is 5. The molecule has 1 aromatic heterocycles. The maximum Gasteiger partial charge on any atom is 0.0794 e. The molecule has 4 heteroatoms. The average molecular weight is 267 g/mol. The molecule has 2 aromatic rings. The Labute approximate surface area is 111 Å². The molecule has 17 heavy (non-hydrogen) atoms. The number of nitrogens with zero attached hydrogens (tertiary/aromatic N) is 1. The van der Waals surface area contributed by atoms with Crippen LogP contribution in [0.4, 0.5) is 0 Å². The summed E-state index contributed by atoms with van der Waals surface area (Å²) in [6, 6.07) is 8.31. The lowest BCUT2D eigenvalue weighted by atomic mass is 10.1. The van der Waals surface area contributed by atoms with Gasteiger partial charge in [-0.2, -0.15) is 0 Å². The van der Waals surface area contributed by atoms with Crippen LogP contribution < -0.4 is 5.32 Å². The molecule has 1 aromatic carbocycles. The minimum atomic E-state index is 0.339. The lowest BCUT2D eigenvalue weighted by molar-refractivity contribution is 0.574. The van der Waals surface area contributed by atoms with Crippen molar-refractivity contribution >= 4 is 22.9 Å². The highest BCUT2D eigenvalue weighted by Crippen LogP contribution is 2.15. The van der Waals surface area contributed by atoms with Crippen LogP contribution in [0, 0.1) is 0 Å². The quantitative estimate of drug-likeness (QED) is 0.893. The molecule has 0 spiro atoms. The van der Waals surface area contributed by atoms with Gasteiger partial charge in [0.2, 0.25) is 0 Å². The van der Waals surface area contributed by atoms with Gasteiger partial charge in [0, 0.05) is 29.4 Å². The second kappa shape index (κ2) is 6.15. The van der Waals surface area contributed by atoms with Crippen LogP contribution in [-0.4, -0.2) is 11.5 Å². The van der Waals surface area contributed by atoms with Gasteiger partial charge in [-0.1, -0.05) is 23.7 Å². The van der Waals surface area contributed by atoms with Gasteiger partial charge in [0.25, 0.3) is 0 Å².